The van der Waals surface area contributed by atoms with Crippen LogP contribution in [-0.2, 0) is 12.1 Å². The molecule has 8 heteroatoms. The van der Waals surface area contributed by atoms with Gasteiger partial charge in [0.2, 0.25) is 0 Å². The minimum absolute atomic E-state index is 0.0995. The molecule has 0 fully saturated rings. The van der Waals surface area contributed by atoms with Crippen LogP contribution in [0.5, 0.6) is 5.75 Å². The van der Waals surface area contributed by atoms with Gasteiger partial charge in [-0.3, -0.25) is 0 Å². The van der Waals surface area contributed by atoms with E-state index < -0.39 is 29.7 Å². The molecule has 0 amide bonds. The summed E-state index contributed by atoms with van der Waals surface area (Å²) in [6.07, 6.45) is -9.50. The highest BCUT2D eigenvalue weighted by Crippen LogP contribution is 2.38. The fraction of sp³-hybridized carbons (Fsp3) is 0.200. The largest absolute Gasteiger partial charge is 0.573 e. The van der Waals surface area contributed by atoms with Crippen LogP contribution < -0.4 is 4.74 Å². The predicted molar refractivity (Wildman–Crippen MR) is 73.1 cm³/mol. The lowest BCUT2D eigenvalue weighted by atomic mass is 9.96. The quantitative estimate of drug-likeness (QED) is 0.484. The number of alkyl halides is 7. The normalized spacial score (nSPS) is 12.3. The van der Waals surface area contributed by atoms with Crippen molar-refractivity contribution in [3.05, 3.63) is 53.6 Å². The Hall–Kier alpha value is -1.89. The summed E-state index contributed by atoms with van der Waals surface area (Å²) >= 11 is 5.63. The summed E-state index contributed by atoms with van der Waals surface area (Å²) in [5.41, 5.74) is -0.881. The molecule has 2 aromatic rings. The van der Waals surface area contributed by atoms with Gasteiger partial charge in [0.15, 0.2) is 0 Å². The van der Waals surface area contributed by atoms with Crippen LogP contribution in [0.15, 0.2) is 42.5 Å². The minimum Gasteiger partial charge on any atom is -0.406 e. The number of ether oxygens (including phenoxy) is 1. The van der Waals surface area contributed by atoms with Crippen molar-refractivity contribution >= 4 is 11.6 Å². The molecular formula is C15H9ClF6O. The van der Waals surface area contributed by atoms with Crippen molar-refractivity contribution in [2.24, 2.45) is 0 Å². The van der Waals surface area contributed by atoms with Crippen LogP contribution in [0.25, 0.3) is 11.1 Å². The van der Waals surface area contributed by atoms with Crippen molar-refractivity contribution in [1.29, 1.82) is 0 Å². The van der Waals surface area contributed by atoms with E-state index in [-0.39, 0.29) is 16.7 Å². The van der Waals surface area contributed by atoms with Gasteiger partial charge < -0.3 is 4.74 Å². The van der Waals surface area contributed by atoms with Crippen LogP contribution in [0, 0.1) is 0 Å². The third-order valence-corrected chi connectivity index (χ3v) is 3.26. The van der Waals surface area contributed by atoms with E-state index in [0.29, 0.717) is 0 Å². The third-order valence-electron chi connectivity index (χ3n) is 2.99. The topological polar surface area (TPSA) is 9.23 Å². The minimum atomic E-state index is -4.89. The summed E-state index contributed by atoms with van der Waals surface area (Å²) < 4.78 is 79.5. The highest BCUT2D eigenvalue weighted by Gasteiger charge is 2.34. The summed E-state index contributed by atoms with van der Waals surface area (Å²) in [5.74, 6) is -0.956. The molecule has 0 bridgehead atoms. The number of halogens is 7. The first kappa shape index (κ1) is 17.5. The second-order valence-electron chi connectivity index (χ2n) is 4.54. The smallest absolute Gasteiger partial charge is 0.406 e. The Morgan fingerprint density at radius 2 is 1.57 bits per heavy atom. The molecule has 0 saturated carbocycles. The van der Waals surface area contributed by atoms with Gasteiger partial charge in [-0.2, -0.15) is 13.2 Å². The molecule has 0 radical (unpaired) electrons. The van der Waals surface area contributed by atoms with E-state index in [1.807, 2.05) is 0 Å². The monoisotopic (exact) mass is 354 g/mol. The first-order valence-electron chi connectivity index (χ1n) is 6.23. The number of benzene rings is 2. The second kappa shape index (κ2) is 6.31. The molecule has 0 aromatic heterocycles. The maximum atomic E-state index is 13.0. The highest BCUT2D eigenvalue weighted by atomic mass is 35.5. The fourth-order valence-corrected chi connectivity index (χ4v) is 2.42. The molecule has 0 saturated heterocycles. The second-order valence-corrected chi connectivity index (χ2v) is 4.81. The van der Waals surface area contributed by atoms with E-state index in [4.69, 9.17) is 11.6 Å². The molecule has 0 aliphatic rings. The van der Waals surface area contributed by atoms with Gasteiger partial charge in [-0.25, -0.2) is 0 Å². The summed E-state index contributed by atoms with van der Waals surface area (Å²) in [6, 6.07) is 8.12. The van der Waals surface area contributed by atoms with Crippen molar-refractivity contribution in [1.82, 2.24) is 0 Å². The van der Waals surface area contributed by atoms with Gasteiger partial charge in [0.05, 0.1) is 5.56 Å². The Kier molecular flexibility index (Phi) is 4.79. The molecule has 23 heavy (non-hydrogen) atoms. The van der Waals surface area contributed by atoms with Gasteiger partial charge in [0.25, 0.3) is 0 Å². The van der Waals surface area contributed by atoms with Crippen molar-refractivity contribution in [2.45, 2.75) is 18.4 Å². The first-order chi connectivity index (χ1) is 10.6. The molecule has 0 unspecified atom stereocenters. The zero-order valence-electron chi connectivity index (χ0n) is 11.3. The molecule has 0 heterocycles. The molecule has 0 atom stereocenters. The van der Waals surface area contributed by atoms with Crippen molar-refractivity contribution in [2.75, 3.05) is 0 Å². The third kappa shape index (κ3) is 4.31. The van der Waals surface area contributed by atoms with Crippen LogP contribution >= 0.6 is 11.6 Å². The van der Waals surface area contributed by atoms with E-state index in [2.05, 4.69) is 4.74 Å². The summed E-state index contributed by atoms with van der Waals surface area (Å²) in [6.45, 7) is 0. The van der Waals surface area contributed by atoms with Gasteiger partial charge in [-0.05, 0) is 34.9 Å². The summed E-state index contributed by atoms with van der Waals surface area (Å²) in [7, 11) is 0. The Morgan fingerprint density at radius 3 is 2.13 bits per heavy atom. The predicted octanol–water partition coefficient (Wildman–Crippen LogP) is 6.01. The molecule has 0 aliphatic carbocycles. The van der Waals surface area contributed by atoms with Crippen LogP contribution in [0.2, 0.25) is 0 Å². The Bertz CT molecular complexity index is 693. The van der Waals surface area contributed by atoms with E-state index in [0.717, 1.165) is 18.2 Å². The Balaban J connectivity index is 2.53. The SMILES string of the molecule is FC(F)(F)Oc1cccc(-c2cccc(C(F)(F)F)c2CCl)c1. The fourth-order valence-electron chi connectivity index (χ4n) is 2.13. The van der Waals surface area contributed by atoms with Crippen molar-refractivity contribution < 1.29 is 31.1 Å². The van der Waals surface area contributed by atoms with Crippen LogP contribution in [0.3, 0.4) is 0 Å². The van der Waals surface area contributed by atoms with Crippen molar-refractivity contribution in [3.8, 4) is 16.9 Å². The van der Waals surface area contributed by atoms with Gasteiger partial charge >= 0.3 is 12.5 Å². The van der Waals surface area contributed by atoms with E-state index >= 15 is 0 Å². The lowest BCUT2D eigenvalue weighted by molar-refractivity contribution is -0.274. The Labute approximate surface area is 132 Å². The molecular weight excluding hydrogens is 346 g/mol. The van der Waals surface area contributed by atoms with Gasteiger partial charge in [0, 0.05) is 5.88 Å². The molecule has 0 N–H and O–H groups in total. The number of rotatable bonds is 3. The zero-order chi connectivity index (χ0) is 17.3. The zero-order valence-corrected chi connectivity index (χ0v) is 12.1. The number of hydrogen-bond acceptors (Lipinski definition) is 1. The standard InChI is InChI=1S/C15H9ClF6O/c16-8-12-11(5-2-6-13(12)14(17,18)19)9-3-1-4-10(7-9)23-15(20,21)22/h1-7H,8H2. The van der Waals surface area contributed by atoms with Gasteiger partial charge in [-0.15, -0.1) is 24.8 Å². The molecule has 1 nitrogen and oxygen atoms in total. The Morgan fingerprint density at radius 1 is 0.913 bits per heavy atom. The van der Waals surface area contributed by atoms with Gasteiger partial charge in [0.1, 0.15) is 5.75 Å². The molecule has 2 aromatic carbocycles. The highest BCUT2D eigenvalue weighted by molar-refractivity contribution is 6.17. The van der Waals surface area contributed by atoms with Gasteiger partial charge in [-0.1, -0.05) is 24.3 Å². The molecule has 0 aliphatic heterocycles. The summed E-state index contributed by atoms with van der Waals surface area (Å²) in [5, 5.41) is 0. The molecule has 0 spiro atoms. The number of hydrogen-bond donors (Lipinski definition) is 0. The van der Waals surface area contributed by atoms with Crippen LogP contribution in [0.4, 0.5) is 26.3 Å². The van der Waals surface area contributed by atoms with Crippen molar-refractivity contribution in [3.63, 3.8) is 0 Å². The maximum absolute atomic E-state index is 13.0. The first-order valence-corrected chi connectivity index (χ1v) is 6.76. The lowest BCUT2D eigenvalue weighted by Crippen LogP contribution is -2.17. The van der Waals surface area contributed by atoms with E-state index in [1.54, 1.807) is 0 Å². The molecule has 124 valence electrons. The van der Waals surface area contributed by atoms with Crippen LogP contribution in [0.1, 0.15) is 11.1 Å². The van der Waals surface area contributed by atoms with Crippen LogP contribution in [-0.4, -0.2) is 6.36 Å². The summed E-state index contributed by atoms with van der Waals surface area (Å²) in [4.78, 5) is 0. The van der Waals surface area contributed by atoms with E-state index in [9.17, 15) is 26.3 Å². The van der Waals surface area contributed by atoms with E-state index in [1.165, 1.54) is 24.3 Å². The maximum Gasteiger partial charge on any atom is 0.573 e. The average Bonchev–Trinajstić information content (AvgIpc) is 2.44. The molecule has 2 rings (SSSR count). The average molecular weight is 355 g/mol. The lowest BCUT2D eigenvalue weighted by Gasteiger charge is -2.16.